The van der Waals surface area contributed by atoms with Crippen LogP contribution in [0.1, 0.15) is 49.8 Å². The Bertz CT molecular complexity index is 964. The van der Waals surface area contributed by atoms with Crippen molar-refractivity contribution in [2.24, 2.45) is 0 Å². The second-order valence-corrected chi connectivity index (χ2v) is 8.74. The molecule has 4 heteroatoms. The number of hydrogen-bond donors (Lipinski definition) is 1. The highest BCUT2D eigenvalue weighted by atomic mass is 16.2. The van der Waals surface area contributed by atoms with Gasteiger partial charge in [-0.3, -0.25) is 9.59 Å². The van der Waals surface area contributed by atoms with Crippen LogP contribution in [0, 0.1) is 0 Å². The summed E-state index contributed by atoms with van der Waals surface area (Å²) in [4.78, 5) is 28.3. The van der Waals surface area contributed by atoms with E-state index in [1.807, 2.05) is 75.4 Å². The van der Waals surface area contributed by atoms with Crippen LogP contribution in [-0.4, -0.2) is 35.3 Å². The maximum Gasteiger partial charge on any atom is 0.242 e. The summed E-state index contributed by atoms with van der Waals surface area (Å²) >= 11 is 0. The average molecular weight is 443 g/mol. The quantitative estimate of drug-likeness (QED) is 0.470. The lowest BCUT2D eigenvalue weighted by atomic mass is 9.88. The molecular formula is C29H34N2O2. The van der Waals surface area contributed by atoms with Crippen LogP contribution < -0.4 is 5.32 Å². The lowest BCUT2D eigenvalue weighted by molar-refractivity contribution is -0.140. The number of amides is 2. The van der Waals surface area contributed by atoms with E-state index in [0.29, 0.717) is 19.4 Å². The highest BCUT2D eigenvalue weighted by Crippen LogP contribution is 2.29. The molecule has 0 aliphatic heterocycles. The SMILES string of the molecule is CC(C)NC(=O)C(C)N(CCc1ccccc1)C(=O)CC(c1ccccc1)c1ccccc1. The van der Waals surface area contributed by atoms with Gasteiger partial charge in [0.2, 0.25) is 11.8 Å². The molecule has 0 heterocycles. The second-order valence-electron chi connectivity index (χ2n) is 8.74. The maximum atomic E-state index is 13.7. The van der Waals surface area contributed by atoms with Gasteiger partial charge in [0, 0.05) is 24.9 Å². The van der Waals surface area contributed by atoms with E-state index in [9.17, 15) is 9.59 Å². The fraction of sp³-hybridized carbons (Fsp3) is 0.310. The highest BCUT2D eigenvalue weighted by molar-refractivity contribution is 5.88. The van der Waals surface area contributed by atoms with Crippen LogP contribution in [0.4, 0.5) is 0 Å². The normalized spacial score (nSPS) is 11.9. The molecule has 33 heavy (non-hydrogen) atoms. The van der Waals surface area contributed by atoms with Crippen molar-refractivity contribution in [3.63, 3.8) is 0 Å². The summed E-state index contributed by atoms with van der Waals surface area (Å²) in [6.07, 6.45) is 1.01. The first-order valence-corrected chi connectivity index (χ1v) is 11.7. The predicted molar refractivity (Wildman–Crippen MR) is 134 cm³/mol. The molecule has 0 saturated heterocycles. The molecule has 0 saturated carbocycles. The van der Waals surface area contributed by atoms with E-state index in [0.717, 1.165) is 16.7 Å². The fourth-order valence-electron chi connectivity index (χ4n) is 4.07. The van der Waals surface area contributed by atoms with Crippen LogP contribution in [0.3, 0.4) is 0 Å². The van der Waals surface area contributed by atoms with E-state index in [2.05, 4.69) is 41.7 Å². The van der Waals surface area contributed by atoms with Gasteiger partial charge < -0.3 is 10.2 Å². The molecule has 3 rings (SSSR count). The number of carbonyl (C=O) groups excluding carboxylic acids is 2. The van der Waals surface area contributed by atoms with E-state index in [1.54, 1.807) is 4.90 Å². The largest absolute Gasteiger partial charge is 0.352 e. The van der Waals surface area contributed by atoms with Gasteiger partial charge in [0.15, 0.2) is 0 Å². The average Bonchev–Trinajstić information content (AvgIpc) is 2.84. The van der Waals surface area contributed by atoms with Crippen LogP contribution in [0.2, 0.25) is 0 Å². The van der Waals surface area contributed by atoms with Gasteiger partial charge in [0.05, 0.1) is 0 Å². The van der Waals surface area contributed by atoms with Crippen molar-refractivity contribution in [3.05, 3.63) is 108 Å². The molecule has 0 spiro atoms. The Morgan fingerprint density at radius 3 is 1.73 bits per heavy atom. The van der Waals surface area contributed by atoms with Gasteiger partial charge in [0.25, 0.3) is 0 Å². The smallest absolute Gasteiger partial charge is 0.242 e. The molecule has 1 atom stereocenters. The maximum absolute atomic E-state index is 13.7. The Morgan fingerprint density at radius 1 is 0.758 bits per heavy atom. The molecule has 4 nitrogen and oxygen atoms in total. The summed E-state index contributed by atoms with van der Waals surface area (Å²) in [7, 11) is 0. The number of rotatable bonds is 10. The van der Waals surface area contributed by atoms with Gasteiger partial charge in [-0.05, 0) is 43.9 Å². The van der Waals surface area contributed by atoms with Crippen molar-refractivity contribution in [1.29, 1.82) is 0 Å². The lowest BCUT2D eigenvalue weighted by Gasteiger charge is -2.31. The Morgan fingerprint density at radius 2 is 1.24 bits per heavy atom. The Labute approximate surface area is 197 Å². The summed E-state index contributed by atoms with van der Waals surface area (Å²) in [5, 5.41) is 2.96. The van der Waals surface area contributed by atoms with Crippen molar-refractivity contribution < 1.29 is 9.59 Å². The first-order valence-electron chi connectivity index (χ1n) is 11.7. The fourth-order valence-corrected chi connectivity index (χ4v) is 4.07. The summed E-state index contributed by atoms with van der Waals surface area (Å²) in [5.41, 5.74) is 3.34. The molecule has 2 amide bonds. The number of hydrogen-bond acceptors (Lipinski definition) is 2. The van der Waals surface area contributed by atoms with Gasteiger partial charge in [-0.15, -0.1) is 0 Å². The topological polar surface area (TPSA) is 49.4 Å². The van der Waals surface area contributed by atoms with Crippen LogP contribution in [0.15, 0.2) is 91.0 Å². The van der Waals surface area contributed by atoms with Crippen LogP contribution in [0.25, 0.3) is 0 Å². The number of carbonyl (C=O) groups is 2. The predicted octanol–water partition coefficient (Wildman–Crippen LogP) is 5.19. The van der Waals surface area contributed by atoms with E-state index in [1.165, 1.54) is 0 Å². The summed E-state index contributed by atoms with van der Waals surface area (Å²) in [5.74, 6) is -0.211. The highest BCUT2D eigenvalue weighted by Gasteiger charge is 2.28. The van der Waals surface area contributed by atoms with Gasteiger partial charge in [-0.25, -0.2) is 0 Å². The third kappa shape index (κ3) is 7.04. The van der Waals surface area contributed by atoms with Crippen LogP contribution in [0.5, 0.6) is 0 Å². The molecule has 3 aromatic rings. The lowest BCUT2D eigenvalue weighted by Crippen LogP contribution is -2.50. The summed E-state index contributed by atoms with van der Waals surface area (Å²) < 4.78 is 0. The molecule has 0 aliphatic rings. The zero-order valence-electron chi connectivity index (χ0n) is 19.8. The molecule has 1 unspecified atom stereocenters. The molecular weight excluding hydrogens is 408 g/mol. The molecule has 0 aliphatic carbocycles. The van der Waals surface area contributed by atoms with E-state index in [-0.39, 0.29) is 23.8 Å². The minimum Gasteiger partial charge on any atom is -0.352 e. The zero-order valence-corrected chi connectivity index (χ0v) is 19.8. The van der Waals surface area contributed by atoms with Crippen molar-refractivity contribution >= 4 is 11.8 Å². The molecule has 1 N–H and O–H groups in total. The molecule has 0 bridgehead atoms. The molecule has 3 aromatic carbocycles. The number of benzene rings is 3. The summed E-state index contributed by atoms with van der Waals surface area (Å²) in [6, 6.07) is 29.8. The standard InChI is InChI=1S/C29H34N2O2/c1-22(2)30-29(33)23(3)31(20-19-24-13-7-4-8-14-24)28(32)21-27(25-15-9-5-10-16-25)26-17-11-6-12-18-26/h4-18,22-23,27H,19-21H2,1-3H3,(H,30,33). The van der Waals surface area contributed by atoms with Crippen molar-refractivity contribution in [2.75, 3.05) is 6.54 Å². The van der Waals surface area contributed by atoms with E-state index < -0.39 is 6.04 Å². The van der Waals surface area contributed by atoms with Gasteiger partial charge >= 0.3 is 0 Å². The van der Waals surface area contributed by atoms with Gasteiger partial charge in [-0.2, -0.15) is 0 Å². The molecule has 0 fully saturated rings. The van der Waals surface area contributed by atoms with Crippen molar-refractivity contribution in [3.8, 4) is 0 Å². The second kappa shape index (κ2) is 12.0. The van der Waals surface area contributed by atoms with E-state index >= 15 is 0 Å². The van der Waals surface area contributed by atoms with Crippen molar-refractivity contribution in [1.82, 2.24) is 10.2 Å². The van der Waals surface area contributed by atoms with Crippen molar-refractivity contribution in [2.45, 2.75) is 51.6 Å². The molecule has 172 valence electrons. The zero-order chi connectivity index (χ0) is 23.6. The molecule has 0 radical (unpaired) electrons. The Balaban J connectivity index is 1.85. The summed E-state index contributed by atoms with van der Waals surface area (Å²) in [6.45, 7) is 6.18. The molecule has 0 aromatic heterocycles. The van der Waals surface area contributed by atoms with Crippen LogP contribution >= 0.6 is 0 Å². The number of nitrogens with zero attached hydrogens (tertiary/aromatic N) is 1. The van der Waals surface area contributed by atoms with Gasteiger partial charge in [-0.1, -0.05) is 91.0 Å². The monoisotopic (exact) mass is 442 g/mol. The first kappa shape index (κ1) is 24.2. The number of nitrogens with one attached hydrogen (secondary N) is 1. The first-order chi connectivity index (χ1) is 16.0. The van der Waals surface area contributed by atoms with E-state index in [4.69, 9.17) is 0 Å². The Kier molecular flexibility index (Phi) is 8.82. The van der Waals surface area contributed by atoms with Crippen LogP contribution in [-0.2, 0) is 16.0 Å². The minimum absolute atomic E-state index is 0.0185. The van der Waals surface area contributed by atoms with Gasteiger partial charge in [0.1, 0.15) is 6.04 Å². The minimum atomic E-state index is -0.546. The third-order valence-corrected chi connectivity index (χ3v) is 5.87. The Hall–Kier alpha value is -3.40. The third-order valence-electron chi connectivity index (χ3n) is 5.87.